The molecule has 0 fully saturated rings. The number of rotatable bonds is 1. The van der Waals surface area contributed by atoms with E-state index in [0.717, 1.165) is 22.1 Å². The maximum absolute atomic E-state index is 13.8. The lowest BCUT2D eigenvalue weighted by atomic mass is 9.95. The van der Waals surface area contributed by atoms with Crippen LogP contribution in [0.15, 0.2) is 54.6 Å². The van der Waals surface area contributed by atoms with Crippen LogP contribution in [0.4, 0.5) is 10.1 Å². The third-order valence-corrected chi connectivity index (χ3v) is 3.37. The molecule has 19 heavy (non-hydrogen) atoms. The molecule has 94 valence electrons. The number of nitrogens with two attached hydrogens (primary N) is 1. The number of aryl methyl sites for hydroxylation is 1. The van der Waals surface area contributed by atoms with E-state index in [4.69, 9.17) is 5.73 Å². The van der Waals surface area contributed by atoms with E-state index in [1.165, 1.54) is 6.07 Å². The van der Waals surface area contributed by atoms with Gasteiger partial charge in [0.25, 0.3) is 0 Å². The van der Waals surface area contributed by atoms with E-state index in [9.17, 15) is 4.39 Å². The highest BCUT2D eigenvalue weighted by atomic mass is 19.1. The van der Waals surface area contributed by atoms with Gasteiger partial charge in [-0.1, -0.05) is 42.0 Å². The maximum atomic E-state index is 13.8. The first-order chi connectivity index (χ1) is 9.16. The van der Waals surface area contributed by atoms with Crippen LogP contribution in [0.5, 0.6) is 0 Å². The van der Waals surface area contributed by atoms with Gasteiger partial charge < -0.3 is 5.73 Å². The van der Waals surface area contributed by atoms with E-state index >= 15 is 0 Å². The van der Waals surface area contributed by atoms with Crippen LogP contribution in [0.3, 0.4) is 0 Å². The van der Waals surface area contributed by atoms with Crippen LogP contribution < -0.4 is 5.73 Å². The summed E-state index contributed by atoms with van der Waals surface area (Å²) in [6.07, 6.45) is 0. The Bertz CT molecular complexity index is 762. The van der Waals surface area contributed by atoms with Gasteiger partial charge in [-0.25, -0.2) is 4.39 Å². The Balaban J connectivity index is 2.37. The molecule has 2 heteroatoms. The predicted molar refractivity (Wildman–Crippen MR) is 78.5 cm³/mol. The third-order valence-electron chi connectivity index (χ3n) is 3.37. The molecule has 0 radical (unpaired) electrons. The van der Waals surface area contributed by atoms with Crippen LogP contribution in [0.2, 0.25) is 0 Å². The van der Waals surface area contributed by atoms with E-state index < -0.39 is 0 Å². The van der Waals surface area contributed by atoms with Crippen molar-refractivity contribution in [2.24, 2.45) is 0 Å². The normalized spacial score (nSPS) is 10.8. The van der Waals surface area contributed by atoms with Crippen LogP contribution in [-0.4, -0.2) is 0 Å². The van der Waals surface area contributed by atoms with Crippen molar-refractivity contribution in [2.75, 3.05) is 5.73 Å². The van der Waals surface area contributed by atoms with Gasteiger partial charge in [0.15, 0.2) is 0 Å². The molecule has 0 aliphatic heterocycles. The van der Waals surface area contributed by atoms with Gasteiger partial charge in [-0.3, -0.25) is 0 Å². The number of halogens is 1. The number of anilines is 1. The topological polar surface area (TPSA) is 26.0 Å². The molecule has 0 amide bonds. The van der Waals surface area contributed by atoms with Crippen molar-refractivity contribution in [1.82, 2.24) is 0 Å². The largest absolute Gasteiger partial charge is 0.398 e. The molecule has 0 heterocycles. The minimum atomic E-state index is -0.203. The smallest absolute Gasteiger partial charge is 0.131 e. The molecular formula is C17H14FN. The molecule has 3 aromatic carbocycles. The summed E-state index contributed by atoms with van der Waals surface area (Å²) >= 11 is 0. The zero-order valence-electron chi connectivity index (χ0n) is 10.7. The first kappa shape index (κ1) is 11.7. The molecule has 0 atom stereocenters. The van der Waals surface area contributed by atoms with Crippen molar-refractivity contribution in [1.29, 1.82) is 0 Å². The van der Waals surface area contributed by atoms with E-state index in [0.29, 0.717) is 11.1 Å². The number of hydrogen-bond donors (Lipinski definition) is 1. The zero-order chi connectivity index (χ0) is 13.4. The highest BCUT2D eigenvalue weighted by Gasteiger charge is 2.09. The highest BCUT2D eigenvalue weighted by molar-refractivity contribution is 5.99. The van der Waals surface area contributed by atoms with Crippen molar-refractivity contribution in [2.45, 2.75) is 6.92 Å². The zero-order valence-corrected chi connectivity index (χ0v) is 10.7. The van der Waals surface area contributed by atoms with Crippen molar-refractivity contribution in [3.8, 4) is 11.1 Å². The summed E-state index contributed by atoms with van der Waals surface area (Å²) in [5.41, 5.74) is 9.83. The first-order valence-corrected chi connectivity index (χ1v) is 6.20. The van der Waals surface area contributed by atoms with Gasteiger partial charge in [0.2, 0.25) is 0 Å². The number of nitrogen functional groups attached to an aromatic ring is 1. The van der Waals surface area contributed by atoms with Gasteiger partial charge in [-0.2, -0.15) is 0 Å². The van der Waals surface area contributed by atoms with Crippen molar-refractivity contribution < 1.29 is 4.39 Å². The molecule has 0 saturated heterocycles. The summed E-state index contributed by atoms with van der Waals surface area (Å²) in [5.74, 6) is -0.203. The average Bonchev–Trinajstić information content (AvgIpc) is 2.43. The predicted octanol–water partition coefficient (Wildman–Crippen LogP) is 4.54. The van der Waals surface area contributed by atoms with Crippen LogP contribution in [0.25, 0.3) is 21.9 Å². The minimum Gasteiger partial charge on any atom is -0.398 e. The Morgan fingerprint density at radius 3 is 2.37 bits per heavy atom. The summed E-state index contributed by atoms with van der Waals surface area (Å²) in [7, 11) is 0. The monoisotopic (exact) mass is 251 g/mol. The molecule has 3 aromatic rings. The lowest BCUT2D eigenvalue weighted by Gasteiger charge is -2.11. The standard InChI is InChI=1S/C17H14FN/c1-11-6-9-17(19)15(10-11)13-7-8-16(18)14-5-3-2-4-12(13)14/h2-10H,19H2,1H3. The first-order valence-electron chi connectivity index (χ1n) is 6.20. The molecule has 2 N–H and O–H groups in total. The Morgan fingerprint density at radius 1 is 0.842 bits per heavy atom. The average molecular weight is 251 g/mol. The lowest BCUT2D eigenvalue weighted by molar-refractivity contribution is 0.640. The van der Waals surface area contributed by atoms with Gasteiger partial charge in [-0.15, -0.1) is 0 Å². The van der Waals surface area contributed by atoms with Crippen LogP contribution in [0, 0.1) is 12.7 Å². The fourth-order valence-electron chi connectivity index (χ4n) is 2.40. The Labute approximate surface area is 111 Å². The second-order valence-electron chi connectivity index (χ2n) is 4.73. The Kier molecular flexibility index (Phi) is 2.71. The summed E-state index contributed by atoms with van der Waals surface area (Å²) in [4.78, 5) is 0. The second-order valence-corrected chi connectivity index (χ2v) is 4.73. The molecular weight excluding hydrogens is 237 g/mol. The maximum Gasteiger partial charge on any atom is 0.131 e. The summed E-state index contributed by atoms with van der Waals surface area (Å²) in [6.45, 7) is 2.02. The van der Waals surface area contributed by atoms with Gasteiger partial charge in [-0.05, 0) is 36.1 Å². The Morgan fingerprint density at radius 2 is 1.58 bits per heavy atom. The van der Waals surface area contributed by atoms with Crippen molar-refractivity contribution >= 4 is 16.5 Å². The molecule has 0 spiro atoms. The lowest BCUT2D eigenvalue weighted by Crippen LogP contribution is -1.92. The SMILES string of the molecule is Cc1ccc(N)c(-c2ccc(F)c3ccccc23)c1. The van der Waals surface area contributed by atoms with Crippen LogP contribution >= 0.6 is 0 Å². The number of hydrogen-bond acceptors (Lipinski definition) is 1. The van der Waals surface area contributed by atoms with Crippen LogP contribution in [-0.2, 0) is 0 Å². The summed E-state index contributed by atoms with van der Waals surface area (Å²) in [6, 6.07) is 16.7. The van der Waals surface area contributed by atoms with Crippen LogP contribution in [0.1, 0.15) is 5.56 Å². The van der Waals surface area contributed by atoms with E-state index in [1.807, 2.05) is 43.3 Å². The van der Waals surface area contributed by atoms with Crippen molar-refractivity contribution in [3.05, 3.63) is 66.0 Å². The molecule has 0 aliphatic carbocycles. The molecule has 0 saturated carbocycles. The molecule has 0 aromatic heterocycles. The molecule has 0 unspecified atom stereocenters. The van der Waals surface area contributed by atoms with E-state index in [-0.39, 0.29) is 5.82 Å². The fourth-order valence-corrected chi connectivity index (χ4v) is 2.40. The minimum absolute atomic E-state index is 0.203. The van der Waals surface area contributed by atoms with E-state index in [1.54, 1.807) is 12.1 Å². The molecule has 0 aliphatic rings. The van der Waals surface area contributed by atoms with Gasteiger partial charge in [0.1, 0.15) is 5.82 Å². The van der Waals surface area contributed by atoms with E-state index in [2.05, 4.69) is 0 Å². The molecule has 1 nitrogen and oxygen atoms in total. The Hall–Kier alpha value is -2.35. The second kappa shape index (κ2) is 4.39. The fraction of sp³-hybridized carbons (Fsp3) is 0.0588. The molecule has 0 bridgehead atoms. The van der Waals surface area contributed by atoms with Gasteiger partial charge >= 0.3 is 0 Å². The number of fused-ring (bicyclic) bond motifs is 1. The molecule has 3 rings (SSSR count). The van der Waals surface area contributed by atoms with Gasteiger partial charge in [0.05, 0.1) is 0 Å². The quantitative estimate of drug-likeness (QED) is 0.631. The summed E-state index contributed by atoms with van der Waals surface area (Å²) < 4.78 is 13.8. The number of benzene rings is 3. The highest BCUT2D eigenvalue weighted by Crippen LogP contribution is 2.34. The third kappa shape index (κ3) is 1.95. The van der Waals surface area contributed by atoms with Crippen molar-refractivity contribution in [3.63, 3.8) is 0 Å². The van der Waals surface area contributed by atoms with Gasteiger partial charge in [0, 0.05) is 16.6 Å². The summed E-state index contributed by atoms with van der Waals surface area (Å²) in [5, 5.41) is 1.51.